The van der Waals surface area contributed by atoms with Crippen LogP contribution in [0.3, 0.4) is 0 Å². The molecule has 0 aromatic heterocycles. The van der Waals surface area contributed by atoms with E-state index >= 15 is 0 Å². The number of nitrogens with zero attached hydrogens (tertiary/aromatic N) is 1. The van der Waals surface area contributed by atoms with Crippen LogP contribution in [0.5, 0.6) is 0 Å². The van der Waals surface area contributed by atoms with E-state index in [0.29, 0.717) is 25.0 Å². The van der Waals surface area contributed by atoms with Crippen LogP contribution in [0.25, 0.3) is 0 Å². The van der Waals surface area contributed by atoms with Gasteiger partial charge in [0.15, 0.2) is 0 Å². The number of sulfone groups is 1. The van der Waals surface area contributed by atoms with Gasteiger partial charge in [-0.15, -0.1) is 0 Å². The average Bonchev–Trinajstić information content (AvgIpc) is 2.43. The molecule has 0 aliphatic heterocycles. The molecule has 0 saturated carbocycles. The smallest absolute Gasteiger partial charge is 0.377 e. The Balaban J connectivity index is 3.36. The number of nitrogens with one attached hydrogen (secondary N) is 1. The molecule has 0 atom stereocenters. The maximum absolute atomic E-state index is 12.5. The van der Waals surface area contributed by atoms with E-state index in [-0.39, 0.29) is 11.7 Å². The molecule has 124 valence electrons. The van der Waals surface area contributed by atoms with Crippen molar-refractivity contribution in [1.82, 2.24) is 0 Å². The van der Waals surface area contributed by atoms with Crippen LogP contribution in [0.1, 0.15) is 26.7 Å². The summed E-state index contributed by atoms with van der Waals surface area (Å²) in [6.45, 7) is 3.69. The molecule has 0 heterocycles. The number of hydrogen-bond donors (Lipinski definition) is 1. The summed E-state index contributed by atoms with van der Waals surface area (Å²) in [7, 11) is -5.62. The maximum atomic E-state index is 12.5. The van der Waals surface area contributed by atoms with Crippen LogP contribution < -0.4 is 5.32 Å². The third-order valence-electron chi connectivity index (χ3n) is 3.13. The first-order chi connectivity index (χ1) is 10.0. The minimum Gasteiger partial charge on any atom is -0.377 e. The molecule has 6 nitrogen and oxygen atoms in total. The van der Waals surface area contributed by atoms with Gasteiger partial charge in [-0.1, -0.05) is 13.8 Å². The Labute approximate surface area is 125 Å². The summed E-state index contributed by atoms with van der Waals surface area (Å²) < 4.78 is 60.1. The van der Waals surface area contributed by atoms with Gasteiger partial charge in [0.1, 0.15) is 5.69 Å². The standard InChI is InChI=1S/C12H15F3N2O4S/c1-3-8(4-2)16-10-6-5-9(7-11(10)17(18)19)22(20,21)12(13,14)15/h5-8,16H,3-4H2,1-2H3. The van der Waals surface area contributed by atoms with E-state index in [1.54, 1.807) is 0 Å². The second-order valence-corrected chi connectivity index (χ2v) is 6.48. The first-order valence-electron chi connectivity index (χ1n) is 6.40. The van der Waals surface area contributed by atoms with Crippen LogP contribution >= 0.6 is 0 Å². The molecule has 0 unspecified atom stereocenters. The Bertz CT molecular complexity index is 655. The number of halogens is 3. The summed E-state index contributed by atoms with van der Waals surface area (Å²) in [5, 5.41) is 13.8. The van der Waals surface area contributed by atoms with Gasteiger partial charge in [-0.05, 0) is 25.0 Å². The molecule has 0 saturated heterocycles. The monoisotopic (exact) mass is 340 g/mol. The van der Waals surface area contributed by atoms with Crippen molar-refractivity contribution in [3.05, 3.63) is 28.3 Å². The van der Waals surface area contributed by atoms with E-state index in [4.69, 9.17) is 0 Å². The molecule has 1 aromatic carbocycles. The minimum absolute atomic E-state index is 0.0141. The average molecular weight is 340 g/mol. The number of hydrogen-bond acceptors (Lipinski definition) is 5. The van der Waals surface area contributed by atoms with Gasteiger partial charge < -0.3 is 5.32 Å². The predicted octanol–water partition coefficient (Wildman–Crippen LogP) is 3.49. The van der Waals surface area contributed by atoms with E-state index in [9.17, 15) is 31.7 Å². The van der Waals surface area contributed by atoms with Crippen molar-refractivity contribution < 1.29 is 26.5 Å². The Morgan fingerprint density at radius 2 is 1.82 bits per heavy atom. The summed E-state index contributed by atoms with van der Waals surface area (Å²) in [6, 6.07) is 2.01. The van der Waals surface area contributed by atoms with Gasteiger partial charge in [-0.3, -0.25) is 10.1 Å². The number of benzene rings is 1. The Morgan fingerprint density at radius 1 is 1.27 bits per heavy atom. The summed E-state index contributed by atoms with van der Waals surface area (Å²) in [6.07, 6.45) is 1.30. The molecule has 1 N–H and O–H groups in total. The molecule has 0 radical (unpaired) electrons. The highest BCUT2D eigenvalue weighted by molar-refractivity contribution is 7.92. The fourth-order valence-corrected chi connectivity index (χ4v) is 2.58. The second kappa shape index (κ2) is 6.51. The van der Waals surface area contributed by atoms with Gasteiger partial charge in [0, 0.05) is 12.1 Å². The zero-order chi connectivity index (χ0) is 17.1. The van der Waals surface area contributed by atoms with E-state index in [1.807, 2.05) is 13.8 Å². The lowest BCUT2D eigenvalue weighted by atomic mass is 10.1. The van der Waals surface area contributed by atoms with Crippen molar-refractivity contribution in [2.75, 3.05) is 5.32 Å². The largest absolute Gasteiger partial charge is 0.501 e. The summed E-state index contributed by atoms with van der Waals surface area (Å²) in [5.74, 6) is 0. The van der Waals surface area contributed by atoms with E-state index < -0.39 is 30.9 Å². The van der Waals surface area contributed by atoms with Crippen molar-refractivity contribution in [3.63, 3.8) is 0 Å². The predicted molar refractivity (Wildman–Crippen MR) is 74.3 cm³/mol. The summed E-state index contributed by atoms with van der Waals surface area (Å²) >= 11 is 0. The van der Waals surface area contributed by atoms with Crippen LogP contribution in [0, 0.1) is 10.1 Å². The Kier molecular flexibility index (Phi) is 5.39. The van der Waals surface area contributed by atoms with Crippen molar-refractivity contribution in [1.29, 1.82) is 0 Å². The van der Waals surface area contributed by atoms with Gasteiger partial charge in [-0.25, -0.2) is 8.42 Å². The van der Waals surface area contributed by atoms with Gasteiger partial charge >= 0.3 is 5.51 Å². The molecule has 1 rings (SSSR count). The van der Waals surface area contributed by atoms with Crippen LogP contribution in [-0.2, 0) is 9.84 Å². The minimum atomic E-state index is -5.62. The molecule has 0 spiro atoms. The molecule has 22 heavy (non-hydrogen) atoms. The molecule has 0 aliphatic rings. The molecule has 1 aromatic rings. The summed E-state index contributed by atoms with van der Waals surface area (Å²) in [5.41, 5.74) is -6.23. The highest BCUT2D eigenvalue weighted by Crippen LogP contribution is 2.35. The molecule has 0 bridgehead atoms. The van der Waals surface area contributed by atoms with Crippen molar-refractivity contribution in [2.45, 2.75) is 43.1 Å². The highest BCUT2D eigenvalue weighted by atomic mass is 32.2. The van der Waals surface area contributed by atoms with E-state index in [0.717, 1.165) is 6.07 Å². The van der Waals surface area contributed by atoms with Crippen LogP contribution in [0.4, 0.5) is 24.5 Å². The molecule has 0 amide bonds. The molecule has 10 heteroatoms. The van der Waals surface area contributed by atoms with Crippen LogP contribution in [-0.4, -0.2) is 24.9 Å². The first kappa shape index (κ1) is 18.2. The van der Waals surface area contributed by atoms with Gasteiger partial charge in [-0.2, -0.15) is 13.2 Å². The SMILES string of the molecule is CCC(CC)Nc1ccc(S(=O)(=O)C(F)(F)F)cc1[N+](=O)[O-]. The molecular formula is C12H15F3N2O4S. The molecule has 0 aliphatic carbocycles. The number of nitro groups is 1. The number of alkyl halides is 3. The normalized spacial score (nSPS) is 12.5. The lowest BCUT2D eigenvalue weighted by Crippen LogP contribution is -2.23. The van der Waals surface area contributed by atoms with Crippen LogP contribution in [0.15, 0.2) is 23.1 Å². The van der Waals surface area contributed by atoms with Crippen LogP contribution in [0.2, 0.25) is 0 Å². The van der Waals surface area contributed by atoms with E-state index in [1.165, 1.54) is 0 Å². The second-order valence-electron chi connectivity index (χ2n) is 4.54. The Morgan fingerprint density at radius 3 is 2.23 bits per heavy atom. The highest BCUT2D eigenvalue weighted by Gasteiger charge is 2.47. The van der Waals surface area contributed by atoms with E-state index in [2.05, 4.69) is 5.32 Å². The van der Waals surface area contributed by atoms with Gasteiger partial charge in [0.25, 0.3) is 15.5 Å². The van der Waals surface area contributed by atoms with Crippen molar-refractivity contribution in [3.8, 4) is 0 Å². The summed E-state index contributed by atoms with van der Waals surface area (Å²) in [4.78, 5) is 8.93. The fraction of sp³-hybridized carbons (Fsp3) is 0.500. The zero-order valence-corrected chi connectivity index (χ0v) is 12.7. The zero-order valence-electron chi connectivity index (χ0n) is 11.8. The fourth-order valence-electron chi connectivity index (χ4n) is 1.80. The topological polar surface area (TPSA) is 89.3 Å². The lowest BCUT2D eigenvalue weighted by Gasteiger charge is -2.16. The number of rotatable bonds is 6. The quantitative estimate of drug-likeness (QED) is 0.632. The number of nitro benzene ring substituents is 1. The maximum Gasteiger partial charge on any atom is 0.501 e. The first-order valence-corrected chi connectivity index (χ1v) is 7.89. The third-order valence-corrected chi connectivity index (χ3v) is 4.61. The lowest BCUT2D eigenvalue weighted by molar-refractivity contribution is -0.384. The third kappa shape index (κ3) is 3.67. The van der Waals surface area contributed by atoms with Crippen molar-refractivity contribution in [2.24, 2.45) is 0 Å². The van der Waals surface area contributed by atoms with Gasteiger partial charge in [0.05, 0.1) is 9.82 Å². The molecule has 0 fully saturated rings. The Hall–Kier alpha value is -1.84. The number of anilines is 1. The van der Waals surface area contributed by atoms with Gasteiger partial charge in [0.2, 0.25) is 0 Å². The van der Waals surface area contributed by atoms with Crippen molar-refractivity contribution >= 4 is 21.2 Å². The molecular weight excluding hydrogens is 325 g/mol.